The fraction of sp³-hybridized carbons (Fsp3) is 1.00. The minimum absolute atomic E-state index is 0.184. The molecule has 0 bridgehead atoms. The quantitative estimate of drug-likeness (QED) is 0.781. The lowest BCUT2D eigenvalue weighted by molar-refractivity contribution is -0.0664. The minimum atomic E-state index is -0.237. The molecule has 16 heavy (non-hydrogen) atoms. The lowest BCUT2D eigenvalue weighted by Crippen LogP contribution is -2.35. The number of aliphatic hydroxyl groups is 1. The van der Waals surface area contributed by atoms with E-state index < -0.39 is 0 Å². The molecule has 1 N–H and O–H groups in total. The SMILES string of the molecule is COC1(CO)CCCCCCCCCCC1. The largest absolute Gasteiger partial charge is 0.393 e. The van der Waals surface area contributed by atoms with Crippen molar-refractivity contribution in [2.75, 3.05) is 13.7 Å². The van der Waals surface area contributed by atoms with E-state index in [4.69, 9.17) is 4.74 Å². The zero-order chi connectivity index (χ0) is 11.7. The number of hydrogen-bond donors (Lipinski definition) is 1. The second kappa shape index (κ2) is 8.08. The smallest absolute Gasteiger partial charge is 0.0908 e. The van der Waals surface area contributed by atoms with E-state index in [1.54, 1.807) is 7.11 Å². The van der Waals surface area contributed by atoms with Gasteiger partial charge in [0.05, 0.1) is 12.2 Å². The summed E-state index contributed by atoms with van der Waals surface area (Å²) >= 11 is 0. The zero-order valence-electron chi connectivity index (χ0n) is 10.8. The number of hydrogen-bond acceptors (Lipinski definition) is 2. The van der Waals surface area contributed by atoms with Gasteiger partial charge in [0.25, 0.3) is 0 Å². The lowest BCUT2D eigenvalue weighted by atomic mass is 9.89. The van der Waals surface area contributed by atoms with Crippen LogP contribution in [0.15, 0.2) is 0 Å². The Morgan fingerprint density at radius 3 is 1.50 bits per heavy atom. The molecule has 1 fully saturated rings. The van der Waals surface area contributed by atoms with Gasteiger partial charge in [-0.1, -0.05) is 57.8 Å². The van der Waals surface area contributed by atoms with Crippen molar-refractivity contribution in [2.24, 2.45) is 0 Å². The molecule has 2 heteroatoms. The van der Waals surface area contributed by atoms with E-state index in [0.717, 1.165) is 12.8 Å². The van der Waals surface area contributed by atoms with Crippen molar-refractivity contribution >= 4 is 0 Å². The van der Waals surface area contributed by atoms with Crippen LogP contribution < -0.4 is 0 Å². The molecule has 0 unspecified atom stereocenters. The first kappa shape index (κ1) is 14.0. The van der Waals surface area contributed by atoms with Crippen LogP contribution in [0.3, 0.4) is 0 Å². The van der Waals surface area contributed by atoms with E-state index >= 15 is 0 Å². The van der Waals surface area contributed by atoms with E-state index in [1.807, 2.05) is 0 Å². The summed E-state index contributed by atoms with van der Waals surface area (Å²) in [6.07, 6.45) is 13.9. The van der Waals surface area contributed by atoms with Gasteiger partial charge in [-0.2, -0.15) is 0 Å². The molecule has 1 saturated carbocycles. The first-order valence-electron chi connectivity index (χ1n) is 6.99. The van der Waals surface area contributed by atoms with Crippen molar-refractivity contribution in [1.82, 2.24) is 0 Å². The molecule has 96 valence electrons. The highest BCUT2D eigenvalue weighted by Gasteiger charge is 2.27. The summed E-state index contributed by atoms with van der Waals surface area (Å²) in [7, 11) is 1.75. The topological polar surface area (TPSA) is 29.5 Å². The fourth-order valence-electron chi connectivity index (χ4n) is 2.68. The molecule has 0 atom stereocenters. The molecule has 1 aliphatic carbocycles. The number of ether oxygens (including phenoxy) is 1. The Labute approximate surface area is 100 Å². The van der Waals surface area contributed by atoms with Gasteiger partial charge in [0.1, 0.15) is 0 Å². The molecule has 0 aliphatic heterocycles. The maximum absolute atomic E-state index is 9.52. The van der Waals surface area contributed by atoms with Crippen molar-refractivity contribution in [3.8, 4) is 0 Å². The Morgan fingerprint density at radius 2 is 1.19 bits per heavy atom. The van der Waals surface area contributed by atoms with Gasteiger partial charge in [-0.3, -0.25) is 0 Å². The summed E-state index contributed by atoms with van der Waals surface area (Å²) in [5.74, 6) is 0. The molecule has 1 aliphatic rings. The van der Waals surface area contributed by atoms with Crippen LogP contribution in [0.2, 0.25) is 0 Å². The maximum atomic E-state index is 9.52. The summed E-state index contributed by atoms with van der Waals surface area (Å²) in [6.45, 7) is 0.184. The van der Waals surface area contributed by atoms with Gasteiger partial charge in [0, 0.05) is 7.11 Å². The lowest BCUT2D eigenvalue weighted by Gasteiger charge is -2.31. The van der Waals surface area contributed by atoms with Crippen molar-refractivity contribution in [3.63, 3.8) is 0 Å². The summed E-state index contributed by atoms with van der Waals surface area (Å²) in [5, 5.41) is 9.52. The third-order valence-corrected chi connectivity index (χ3v) is 3.99. The van der Waals surface area contributed by atoms with Crippen LogP contribution in [0.5, 0.6) is 0 Å². The van der Waals surface area contributed by atoms with E-state index in [0.29, 0.717) is 0 Å². The Morgan fingerprint density at radius 1 is 0.812 bits per heavy atom. The average molecular weight is 228 g/mol. The summed E-state index contributed by atoms with van der Waals surface area (Å²) in [4.78, 5) is 0. The van der Waals surface area contributed by atoms with E-state index in [9.17, 15) is 5.11 Å². The zero-order valence-corrected chi connectivity index (χ0v) is 10.8. The van der Waals surface area contributed by atoms with Gasteiger partial charge in [0.15, 0.2) is 0 Å². The average Bonchev–Trinajstić information content (AvgIpc) is 2.31. The molecular weight excluding hydrogens is 200 g/mol. The maximum Gasteiger partial charge on any atom is 0.0908 e. The molecule has 0 saturated heterocycles. The van der Waals surface area contributed by atoms with Gasteiger partial charge >= 0.3 is 0 Å². The highest BCUT2D eigenvalue weighted by Crippen LogP contribution is 2.27. The number of aliphatic hydroxyl groups excluding tert-OH is 1. The Kier molecular flexibility index (Phi) is 7.06. The van der Waals surface area contributed by atoms with Gasteiger partial charge in [-0.15, -0.1) is 0 Å². The van der Waals surface area contributed by atoms with Crippen molar-refractivity contribution < 1.29 is 9.84 Å². The molecular formula is C14H28O2. The van der Waals surface area contributed by atoms with Crippen LogP contribution in [-0.4, -0.2) is 24.4 Å². The van der Waals surface area contributed by atoms with Crippen molar-refractivity contribution in [1.29, 1.82) is 0 Å². The van der Waals surface area contributed by atoms with Gasteiger partial charge in [0.2, 0.25) is 0 Å². The molecule has 0 amide bonds. The minimum Gasteiger partial charge on any atom is -0.393 e. The van der Waals surface area contributed by atoms with Crippen LogP contribution in [0.4, 0.5) is 0 Å². The van der Waals surface area contributed by atoms with Crippen LogP contribution >= 0.6 is 0 Å². The molecule has 1 rings (SSSR count). The summed E-state index contributed by atoms with van der Waals surface area (Å²) in [6, 6.07) is 0. The highest BCUT2D eigenvalue weighted by molar-refractivity contribution is 4.79. The molecule has 0 aromatic carbocycles. The van der Waals surface area contributed by atoms with Crippen LogP contribution in [0.25, 0.3) is 0 Å². The molecule has 0 radical (unpaired) electrons. The predicted octanol–water partition coefficient (Wildman–Crippen LogP) is 3.67. The molecule has 0 aromatic heterocycles. The predicted molar refractivity (Wildman–Crippen MR) is 67.6 cm³/mol. The fourth-order valence-corrected chi connectivity index (χ4v) is 2.68. The third-order valence-electron chi connectivity index (χ3n) is 3.99. The Bertz CT molecular complexity index is 150. The standard InChI is InChI=1S/C14H28O2/c1-16-14(13-15)11-9-7-5-3-2-4-6-8-10-12-14/h15H,2-13H2,1H3. The first-order chi connectivity index (χ1) is 7.83. The first-order valence-corrected chi connectivity index (χ1v) is 6.99. The number of methoxy groups -OCH3 is 1. The Hall–Kier alpha value is -0.0800. The normalized spacial score (nSPS) is 24.4. The van der Waals surface area contributed by atoms with Crippen LogP contribution in [0.1, 0.15) is 70.6 Å². The van der Waals surface area contributed by atoms with Gasteiger partial charge in [-0.05, 0) is 12.8 Å². The monoisotopic (exact) mass is 228 g/mol. The molecule has 2 nitrogen and oxygen atoms in total. The van der Waals surface area contributed by atoms with Crippen molar-refractivity contribution in [2.45, 2.75) is 76.2 Å². The van der Waals surface area contributed by atoms with Gasteiger partial charge in [-0.25, -0.2) is 0 Å². The second-order valence-corrected chi connectivity index (χ2v) is 5.23. The summed E-state index contributed by atoms with van der Waals surface area (Å²) in [5.41, 5.74) is -0.237. The van der Waals surface area contributed by atoms with Gasteiger partial charge < -0.3 is 9.84 Å². The van der Waals surface area contributed by atoms with Crippen molar-refractivity contribution in [3.05, 3.63) is 0 Å². The van der Waals surface area contributed by atoms with E-state index in [-0.39, 0.29) is 12.2 Å². The highest BCUT2D eigenvalue weighted by atomic mass is 16.5. The van der Waals surface area contributed by atoms with Crippen LogP contribution in [-0.2, 0) is 4.74 Å². The third kappa shape index (κ3) is 4.84. The summed E-state index contributed by atoms with van der Waals surface area (Å²) < 4.78 is 5.58. The van der Waals surface area contributed by atoms with E-state index in [1.165, 1.54) is 57.8 Å². The molecule has 0 aromatic rings. The molecule has 0 spiro atoms. The Balaban J connectivity index is 2.41. The second-order valence-electron chi connectivity index (χ2n) is 5.23. The number of rotatable bonds is 2. The van der Waals surface area contributed by atoms with Crippen LogP contribution in [0, 0.1) is 0 Å². The van der Waals surface area contributed by atoms with E-state index in [2.05, 4.69) is 0 Å². The molecule has 0 heterocycles.